The molecule has 1 aromatic heterocycles. The van der Waals surface area contributed by atoms with Crippen LogP contribution in [0.4, 0.5) is 0 Å². The number of aromatic nitrogens is 3. The van der Waals surface area contributed by atoms with Gasteiger partial charge in [0.25, 0.3) is 0 Å². The molecule has 0 saturated heterocycles. The molecule has 0 bridgehead atoms. The van der Waals surface area contributed by atoms with Crippen molar-refractivity contribution in [2.24, 2.45) is 5.73 Å². The van der Waals surface area contributed by atoms with E-state index < -0.39 is 0 Å². The van der Waals surface area contributed by atoms with Gasteiger partial charge < -0.3 is 5.73 Å². The normalized spacial score (nSPS) is 19.4. The van der Waals surface area contributed by atoms with Crippen molar-refractivity contribution in [3.8, 4) is 0 Å². The molecule has 1 unspecified atom stereocenters. The van der Waals surface area contributed by atoms with Gasteiger partial charge in [0.15, 0.2) is 5.82 Å². The van der Waals surface area contributed by atoms with Gasteiger partial charge in [-0.15, -0.1) is 0 Å². The molecule has 96 valence electrons. The lowest BCUT2D eigenvalue weighted by atomic mass is 9.89. The average molecular weight is 236 g/mol. The predicted octanol–water partition coefficient (Wildman–Crippen LogP) is 2.69. The number of aromatic amines is 1. The first-order valence-corrected chi connectivity index (χ1v) is 6.93. The molecule has 3 N–H and O–H groups in total. The number of nitrogens with one attached hydrogen (secondary N) is 1. The molecule has 1 fully saturated rings. The van der Waals surface area contributed by atoms with Crippen molar-refractivity contribution in [2.75, 3.05) is 6.54 Å². The van der Waals surface area contributed by atoms with E-state index in [4.69, 9.17) is 5.73 Å². The van der Waals surface area contributed by atoms with Gasteiger partial charge in [0.05, 0.1) is 0 Å². The van der Waals surface area contributed by atoms with Gasteiger partial charge in [-0.3, -0.25) is 5.10 Å². The van der Waals surface area contributed by atoms with Crippen molar-refractivity contribution in [3.05, 3.63) is 11.6 Å². The van der Waals surface area contributed by atoms with Crippen LogP contribution in [0.2, 0.25) is 0 Å². The summed E-state index contributed by atoms with van der Waals surface area (Å²) in [5, 5.41) is 7.51. The summed E-state index contributed by atoms with van der Waals surface area (Å²) in [7, 11) is 0. The Kier molecular flexibility index (Phi) is 4.54. The second kappa shape index (κ2) is 6.15. The van der Waals surface area contributed by atoms with E-state index in [-0.39, 0.29) is 0 Å². The van der Waals surface area contributed by atoms with Crippen LogP contribution in [0.15, 0.2) is 0 Å². The molecular weight excluding hydrogens is 212 g/mol. The highest BCUT2D eigenvalue weighted by molar-refractivity contribution is 5.02. The van der Waals surface area contributed by atoms with Gasteiger partial charge in [-0.25, -0.2) is 4.98 Å². The number of rotatable bonds is 5. The fraction of sp³-hybridized carbons (Fsp3) is 0.846. The lowest BCUT2D eigenvalue weighted by Crippen LogP contribution is -2.06. The standard InChI is InChI=1S/C13H24N4/c1-10(6-5-9-14)12-15-13(17-16-12)11-7-3-2-4-8-11/h10-11H,2-9,14H2,1H3,(H,15,16,17). The van der Waals surface area contributed by atoms with Crippen LogP contribution in [0.5, 0.6) is 0 Å². The Morgan fingerprint density at radius 1 is 1.35 bits per heavy atom. The van der Waals surface area contributed by atoms with Crippen LogP contribution in [0.25, 0.3) is 0 Å². The monoisotopic (exact) mass is 236 g/mol. The van der Waals surface area contributed by atoms with E-state index in [2.05, 4.69) is 22.1 Å². The van der Waals surface area contributed by atoms with E-state index in [9.17, 15) is 0 Å². The summed E-state index contributed by atoms with van der Waals surface area (Å²) in [6.07, 6.45) is 8.72. The summed E-state index contributed by atoms with van der Waals surface area (Å²) in [6.45, 7) is 2.94. The Morgan fingerprint density at radius 3 is 2.82 bits per heavy atom. The number of hydrogen-bond acceptors (Lipinski definition) is 3. The number of hydrogen-bond donors (Lipinski definition) is 2. The minimum absolute atomic E-state index is 0.423. The highest BCUT2D eigenvalue weighted by Crippen LogP contribution is 2.31. The Labute approximate surface area is 103 Å². The van der Waals surface area contributed by atoms with Gasteiger partial charge in [-0.1, -0.05) is 26.2 Å². The molecule has 2 rings (SSSR count). The van der Waals surface area contributed by atoms with E-state index in [1.54, 1.807) is 0 Å². The van der Waals surface area contributed by atoms with Crippen LogP contribution < -0.4 is 5.73 Å². The minimum atomic E-state index is 0.423. The zero-order valence-electron chi connectivity index (χ0n) is 10.8. The molecule has 17 heavy (non-hydrogen) atoms. The maximum absolute atomic E-state index is 5.53. The lowest BCUT2D eigenvalue weighted by Gasteiger charge is -2.18. The third-order valence-electron chi connectivity index (χ3n) is 3.79. The number of nitrogens with zero attached hydrogens (tertiary/aromatic N) is 2. The molecular formula is C13H24N4. The Balaban J connectivity index is 1.94. The molecule has 0 aliphatic heterocycles. The summed E-state index contributed by atoms with van der Waals surface area (Å²) in [6, 6.07) is 0. The van der Waals surface area contributed by atoms with Gasteiger partial charge in [-0.2, -0.15) is 5.10 Å². The van der Waals surface area contributed by atoms with Gasteiger partial charge in [0.2, 0.25) is 0 Å². The molecule has 0 spiro atoms. The quantitative estimate of drug-likeness (QED) is 0.826. The summed E-state index contributed by atoms with van der Waals surface area (Å²) >= 11 is 0. The summed E-state index contributed by atoms with van der Waals surface area (Å²) in [4.78, 5) is 4.68. The predicted molar refractivity (Wildman–Crippen MR) is 68.9 cm³/mol. The topological polar surface area (TPSA) is 67.6 Å². The van der Waals surface area contributed by atoms with Crippen LogP contribution in [-0.2, 0) is 0 Å². The van der Waals surface area contributed by atoms with E-state index in [1.165, 1.54) is 32.1 Å². The highest BCUT2D eigenvalue weighted by Gasteiger charge is 2.20. The van der Waals surface area contributed by atoms with Crippen LogP contribution in [0, 0.1) is 0 Å². The van der Waals surface area contributed by atoms with Crippen molar-refractivity contribution in [1.29, 1.82) is 0 Å². The first-order chi connectivity index (χ1) is 8.31. The van der Waals surface area contributed by atoms with E-state index >= 15 is 0 Å². The second-order valence-corrected chi connectivity index (χ2v) is 5.25. The highest BCUT2D eigenvalue weighted by atomic mass is 15.2. The van der Waals surface area contributed by atoms with Crippen LogP contribution >= 0.6 is 0 Å². The molecule has 1 aliphatic rings. The molecule has 0 amide bonds. The average Bonchev–Trinajstić information content (AvgIpc) is 2.86. The number of H-pyrrole nitrogens is 1. The minimum Gasteiger partial charge on any atom is -0.330 e. The zero-order chi connectivity index (χ0) is 12.1. The van der Waals surface area contributed by atoms with Gasteiger partial charge in [0, 0.05) is 11.8 Å². The smallest absolute Gasteiger partial charge is 0.153 e. The Bertz CT molecular complexity index is 328. The van der Waals surface area contributed by atoms with Gasteiger partial charge in [0.1, 0.15) is 5.82 Å². The fourth-order valence-electron chi connectivity index (χ4n) is 2.62. The molecule has 4 heteroatoms. The molecule has 1 atom stereocenters. The van der Waals surface area contributed by atoms with Crippen LogP contribution in [-0.4, -0.2) is 21.7 Å². The van der Waals surface area contributed by atoms with E-state index in [0.29, 0.717) is 11.8 Å². The lowest BCUT2D eigenvalue weighted by molar-refractivity contribution is 0.429. The van der Waals surface area contributed by atoms with Crippen molar-refractivity contribution < 1.29 is 0 Å². The second-order valence-electron chi connectivity index (χ2n) is 5.25. The van der Waals surface area contributed by atoms with Gasteiger partial charge >= 0.3 is 0 Å². The molecule has 0 aromatic carbocycles. The fourth-order valence-corrected chi connectivity index (χ4v) is 2.62. The summed E-state index contributed by atoms with van der Waals surface area (Å²) in [5.41, 5.74) is 5.53. The Hall–Kier alpha value is -0.900. The summed E-state index contributed by atoms with van der Waals surface area (Å²) < 4.78 is 0. The third-order valence-corrected chi connectivity index (χ3v) is 3.79. The molecule has 1 saturated carbocycles. The van der Waals surface area contributed by atoms with Crippen LogP contribution in [0.1, 0.15) is 75.4 Å². The van der Waals surface area contributed by atoms with Crippen LogP contribution in [0.3, 0.4) is 0 Å². The zero-order valence-corrected chi connectivity index (χ0v) is 10.8. The SMILES string of the molecule is CC(CCCN)c1n[nH]c(C2CCCCC2)n1. The Morgan fingerprint density at radius 2 is 2.12 bits per heavy atom. The van der Waals surface area contributed by atoms with E-state index in [1.807, 2.05) is 0 Å². The number of nitrogens with two attached hydrogens (primary N) is 1. The maximum atomic E-state index is 5.53. The van der Waals surface area contributed by atoms with Crippen molar-refractivity contribution in [3.63, 3.8) is 0 Å². The van der Waals surface area contributed by atoms with E-state index in [0.717, 1.165) is 31.0 Å². The third kappa shape index (κ3) is 3.28. The maximum Gasteiger partial charge on any atom is 0.153 e. The van der Waals surface area contributed by atoms with Crippen molar-refractivity contribution >= 4 is 0 Å². The molecule has 1 aliphatic carbocycles. The van der Waals surface area contributed by atoms with Crippen molar-refractivity contribution in [2.45, 2.75) is 63.7 Å². The summed E-state index contributed by atoms with van der Waals surface area (Å²) in [5.74, 6) is 3.12. The van der Waals surface area contributed by atoms with Gasteiger partial charge in [-0.05, 0) is 32.2 Å². The molecule has 1 aromatic rings. The first-order valence-electron chi connectivity index (χ1n) is 6.93. The first kappa shape index (κ1) is 12.6. The molecule has 0 radical (unpaired) electrons. The largest absolute Gasteiger partial charge is 0.330 e. The van der Waals surface area contributed by atoms with Crippen molar-refractivity contribution in [1.82, 2.24) is 15.2 Å². The molecule has 1 heterocycles. The molecule has 4 nitrogen and oxygen atoms in total.